The summed E-state index contributed by atoms with van der Waals surface area (Å²) in [4.78, 5) is 17.3. The lowest BCUT2D eigenvalue weighted by atomic mass is 9.93. The maximum absolute atomic E-state index is 13.0. The molecule has 1 aliphatic heterocycles. The number of nitrogens with zero attached hydrogens (tertiary/aromatic N) is 3. The van der Waals surface area contributed by atoms with Crippen LogP contribution in [0.3, 0.4) is 0 Å². The van der Waals surface area contributed by atoms with Crippen LogP contribution in [0.25, 0.3) is 5.70 Å². The van der Waals surface area contributed by atoms with E-state index in [1.165, 1.54) is 6.33 Å². The molecule has 7 heteroatoms. The summed E-state index contributed by atoms with van der Waals surface area (Å²) < 4.78 is 7.06. The maximum atomic E-state index is 13.0. The first-order chi connectivity index (χ1) is 13.2. The smallest absolute Gasteiger partial charge is 0.338 e. The molecule has 2 aromatic carbocycles. The first-order valence-corrected chi connectivity index (χ1v) is 8.95. The van der Waals surface area contributed by atoms with Crippen molar-refractivity contribution in [3.8, 4) is 0 Å². The van der Waals surface area contributed by atoms with E-state index in [1.54, 1.807) is 23.7 Å². The molecule has 0 radical (unpaired) electrons. The molecule has 1 aliphatic rings. The maximum Gasteiger partial charge on any atom is 0.338 e. The summed E-state index contributed by atoms with van der Waals surface area (Å²) in [5.74, 6) is 0.159. The monoisotopic (exact) mass is 380 g/mol. The molecule has 0 bridgehead atoms. The Morgan fingerprint density at radius 1 is 1.19 bits per heavy atom. The fourth-order valence-electron chi connectivity index (χ4n) is 3.17. The van der Waals surface area contributed by atoms with Gasteiger partial charge >= 0.3 is 5.97 Å². The molecule has 0 spiro atoms. The molecule has 0 saturated heterocycles. The van der Waals surface area contributed by atoms with Crippen LogP contribution >= 0.6 is 11.6 Å². The van der Waals surface area contributed by atoms with E-state index in [0.717, 1.165) is 11.1 Å². The largest absolute Gasteiger partial charge is 0.463 e. The van der Waals surface area contributed by atoms with Crippen LogP contribution < -0.4 is 5.32 Å². The van der Waals surface area contributed by atoms with Crippen LogP contribution in [-0.2, 0) is 9.53 Å². The number of carbonyl (C=O) groups excluding carboxylic acids is 1. The number of hydrogen-bond acceptors (Lipinski definition) is 5. The number of ether oxygens (including phenoxy) is 1. The van der Waals surface area contributed by atoms with Crippen LogP contribution in [0.15, 0.2) is 66.5 Å². The molecule has 4 rings (SSSR count). The topological polar surface area (TPSA) is 69.0 Å². The second-order valence-corrected chi connectivity index (χ2v) is 6.42. The van der Waals surface area contributed by atoms with Crippen molar-refractivity contribution in [3.63, 3.8) is 0 Å². The molecule has 1 aromatic heterocycles. The highest BCUT2D eigenvalue weighted by Gasteiger charge is 2.36. The standard InChI is InChI=1S/C20H17ClN4O2/c1-2-27-19(26)16-17(13-6-4-3-5-7-13)24-20-22-12-23-25(20)18(16)14-8-10-15(21)11-9-14/h3-12,18H,2H2,1H3,(H,22,23,24)/t18-/m0/s1. The van der Waals surface area contributed by atoms with E-state index < -0.39 is 12.0 Å². The van der Waals surface area contributed by atoms with Gasteiger partial charge in [0.25, 0.3) is 0 Å². The zero-order valence-corrected chi connectivity index (χ0v) is 15.3. The van der Waals surface area contributed by atoms with Crippen molar-refractivity contribution < 1.29 is 9.53 Å². The predicted octanol–water partition coefficient (Wildman–Crippen LogP) is 3.92. The highest BCUT2D eigenvalue weighted by atomic mass is 35.5. The van der Waals surface area contributed by atoms with E-state index in [1.807, 2.05) is 42.5 Å². The van der Waals surface area contributed by atoms with Gasteiger partial charge in [-0.3, -0.25) is 0 Å². The highest BCUT2D eigenvalue weighted by Crippen LogP contribution is 2.38. The van der Waals surface area contributed by atoms with Gasteiger partial charge in [0, 0.05) is 5.02 Å². The van der Waals surface area contributed by atoms with Gasteiger partial charge in [-0.15, -0.1) is 0 Å². The second kappa shape index (κ2) is 7.25. The zero-order chi connectivity index (χ0) is 18.8. The van der Waals surface area contributed by atoms with Gasteiger partial charge in [0.1, 0.15) is 12.4 Å². The van der Waals surface area contributed by atoms with Crippen LogP contribution in [0, 0.1) is 0 Å². The molecule has 2 heterocycles. The average molecular weight is 381 g/mol. The fourth-order valence-corrected chi connectivity index (χ4v) is 3.30. The van der Waals surface area contributed by atoms with Crippen molar-refractivity contribution in [3.05, 3.63) is 82.6 Å². The number of nitrogens with one attached hydrogen (secondary N) is 1. The zero-order valence-electron chi connectivity index (χ0n) is 14.6. The van der Waals surface area contributed by atoms with E-state index in [-0.39, 0.29) is 6.61 Å². The van der Waals surface area contributed by atoms with Gasteiger partial charge in [0.05, 0.1) is 17.9 Å². The number of hydrogen-bond donors (Lipinski definition) is 1. The first-order valence-electron chi connectivity index (χ1n) is 8.57. The van der Waals surface area contributed by atoms with E-state index in [0.29, 0.717) is 22.2 Å². The van der Waals surface area contributed by atoms with E-state index in [9.17, 15) is 4.79 Å². The van der Waals surface area contributed by atoms with E-state index >= 15 is 0 Å². The minimum Gasteiger partial charge on any atom is -0.463 e. The van der Waals surface area contributed by atoms with Crippen LogP contribution in [0.5, 0.6) is 0 Å². The van der Waals surface area contributed by atoms with Gasteiger partial charge in [-0.1, -0.05) is 54.1 Å². The number of anilines is 1. The summed E-state index contributed by atoms with van der Waals surface area (Å²) in [5, 5.41) is 8.18. The van der Waals surface area contributed by atoms with Crippen molar-refractivity contribution in [2.75, 3.05) is 11.9 Å². The van der Waals surface area contributed by atoms with Crippen LogP contribution in [0.2, 0.25) is 5.02 Å². The fraction of sp³-hybridized carbons (Fsp3) is 0.150. The molecular weight excluding hydrogens is 364 g/mol. The molecule has 0 fully saturated rings. The van der Waals surface area contributed by atoms with Crippen molar-refractivity contribution in [2.24, 2.45) is 0 Å². The molecule has 3 aromatic rings. The number of aromatic nitrogens is 3. The molecule has 136 valence electrons. The first kappa shape index (κ1) is 17.3. The number of carbonyl (C=O) groups is 1. The summed E-state index contributed by atoms with van der Waals surface area (Å²) in [6, 6.07) is 16.5. The predicted molar refractivity (Wildman–Crippen MR) is 103 cm³/mol. The summed E-state index contributed by atoms with van der Waals surface area (Å²) in [7, 11) is 0. The Kier molecular flexibility index (Phi) is 4.64. The Morgan fingerprint density at radius 2 is 1.93 bits per heavy atom. The number of halogens is 1. The molecule has 0 aliphatic carbocycles. The van der Waals surface area contributed by atoms with Gasteiger partial charge in [0.15, 0.2) is 0 Å². The lowest BCUT2D eigenvalue weighted by molar-refractivity contribution is -0.138. The number of rotatable bonds is 4. The Labute approximate surface area is 161 Å². The van der Waals surface area contributed by atoms with Gasteiger partial charge in [-0.25, -0.2) is 9.48 Å². The van der Waals surface area contributed by atoms with Crippen LogP contribution in [0.4, 0.5) is 5.95 Å². The molecule has 0 unspecified atom stereocenters. The molecule has 1 N–H and O–H groups in total. The summed E-state index contributed by atoms with van der Waals surface area (Å²) >= 11 is 6.05. The quantitative estimate of drug-likeness (QED) is 0.695. The Bertz CT molecular complexity index is 996. The van der Waals surface area contributed by atoms with Gasteiger partial charge in [-0.2, -0.15) is 10.1 Å². The van der Waals surface area contributed by atoms with Gasteiger partial charge in [0.2, 0.25) is 5.95 Å². The molecule has 6 nitrogen and oxygen atoms in total. The van der Waals surface area contributed by atoms with E-state index in [2.05, 4.69) is 15.4 Å². The van der Waals surface area contributed by atoms with Crippen LogP contribution in [-0.4, -0.2) is 27.3 Å². The summed E-state index contributed by atoms with van der Waals surface area (Å²) in [6.07, 6.45) is 1.46. The number of esters is 1. The van der Waals surface area contributed by atoms with Gasteiger partial charge < -0.3 is 10.1 Å². The lowest BCUT2D eigenvalue weighted by Gasteiger charge is -2.29. The molecule has 0 amide bonds. The molecule has 0 saturated carbocycles. The van der Waals surface area contributed by atoms with Crippen molar-refractivity contribution in [1.82, 2.24) is 14.8 Å². The Balaban J connectivity index is 1.95. The summed E-state index contributed by atoms with van der Waals surface area (Å²) in [6.45, 7) is 2.07. The second-order valence-electron chi connectivity index (χ2n) is 5.98. The number of benzene rings is 2. The summed E-state index contributed by atoms with van der Waals surface area (Å²) in [5.41, 5.74) is 2.87. The van der Waals surface area contributed by atoms with Gasteiger partial charge in [-0.05, 0) is 30.2 Å². The van der Waals surface area contributed by atoms with Crippen molar-refractivity contribution >= 4 is 29.2 Å². The normalized spacial score (nSPS) is 15.9. The SMILES string of the molecule is CCOC(=O)C1=C(c2ccccc2)Nc2ncnn2[C@H]1c1ccc(Cl)cc1. The Morgan fingerprint density at radius 3 is 2.63 bits per heavy atom. The lowest BCUT2D eigenvalue weighted by Crippen LogP contribution is -2.30. The molecular formula is C20H17ClN4O2. The van der Waals surface area contributed by atoms with Crippen LogP contribution in [0.1, 0.15) is 24.1 Å². The van der Waals surface area contributed by atoms with E-state index in [4.69, 9.17) is 16.3 Å². The minimum atomic E-state index is -0.477. The van der Waals surface area contributed by atoms with Crippen molar-refractivity contribution in [2.45, 2.75) is 13.0 Å². The average Bonchev–Trinajstić information content (AvgIpc) is 3.16. The Hall–Kier alpha value is -3.12. The minimum absolute atomic E-state index is 0.280. The number of fused-ring (bicyclic) bond motifs is 1. The highest BCUT2D eigenvalue weighted by molar-refractivity contribution is 6.30. The third-order valence-corrected chi connectivity index (χ3v) is 4.59. The van der Waals surface area contributed by atoms with Crippen molar-refractivity contribution in [1.29, 1.82) is 0 Å². The third-order valence-electron chi connectivity index (χ3n) is 4.34. The molecule has 27 heavy (non-hydrogen) atoms. The third kappa shape index (κ3) is 3.19. The molecule has 1 atom stereocenters.